The Morgan fingerprint density at radius 1 is 1.18 bits per heavy atom. The number of benzene rings is 2. The van der Waals surface area contributed by atoms with E-state index in [1.54, 1.807) is 37.1 Å². The first-order chi connectivity index (χ1) is 15.9. The molecule has 1 N–H and O–H groups in total. The van der Waals surface area contributed by atoms with E-state index >= 15 is 0 Å². The summed E-state index contributed by atoms with van der Waals surface area (Å²) in [6.07, 6.45) is 5.40. The monoisotopic (exact) mass is 536 g/mol. The maximum Gasteiger partial charge on any atom is 0.261 e. The van der Waals surface area contributed by atoms with Crippen molar-refractivity contribution in [1.29, 1.82) is 0 Å². The number of halogens is 2. The molecule has 0 heterocycles. The predicted molar refractivity (Wildman–Crippen MR) is 133 cm³/mol. The summed E-state index contributed by atoms with van der Waals surface area (Å²) < 4.78 is 11.8. The molecule has 1 unspecified atom stereocenters. The smallest absolute Gasteiger partial charge is 0.261 e. The van der Waals surface area contributed by atoms with E-state index in [1.807, 2.05) is 24.3 Å². The molecule has 2 amide bonds. The summed E-state index contributed by atoms with van der Waals surface area (Å²) >= 11 is 9.57. The Bertz CT molecular complexity index is 965. The first-order valence-electron chi connectivity index (χ1n) is 11.2. The molecule has 8 heteroatoms. The first-order valence-corrected chi connectivity index (χ1v) is 12.3. The molecule has 1 aliphatic rings. The third kappa shape index (κ3) is 7.37. The lowest BCUT2D eigenvalue weighted by Crippen LogP contribution is -2.51. The van der Waals surface area contributed by atoms with Crippen LogP contribution < -0.4 is 14.8 Å². The van der Waals surface area contributed by atoms with Crippen molar-refractivity contribution in [2.45, 2.75) is 57.7 Å². The van der Waals surface area contributed by atoms with Gasteiger partial charge in [-0.2, -0.15) is 0 Å². The molecule has 3 rings (SSSR count). The zero-order valence-corrected chi connectivity index (χ0v) is 21.3. The number of nitrogens with one attached hydrogen (secondary N) is 1. The zero-order valence-electron chi connectivity index (χ0n) is 19.0. The second kappa shape index (κ2) is 12.3. The van der Waals surface area contributed by atoms with Crippen LogP contribution in [-0.4, -0.2) is 42.5 Å². The van der Waals surface area contributed by atoms with E-state index in [0.717, 1.165) is 35.7 Å². The lowest BCUT2D eigenvalue weighted by atomic mass is 9.95. The van der Waals surface area contributed by atoms with Gasteiger partial charge in [-0.25, -0.2) is 0 Å². The number of methoxy groups -OCH3 is 1. The summed E-state index contributed by atoms with van der Waals surface area (Å²) in [5, 5.41) is 3.53. The fourth-order valence-electron chi connectivity index (χ4n) is 3.93. The molecular weight excluding hydrogens is 508 g/mol. The van der Waals surface area contributed by atoms with Crippen LogP contribution in [0.2, 0.25) is 5.02 Å². The molecule has 2 aromatic carbocycles. The van der Waals surface area contributed by atoms with Crippen molar-refractivity contribution in [3.05, 3.63) is 57.5 Å². The van der Waals surface area contributed by atoms with E-state index in [-0.39, 0.29) is 31.0 Å². The van der Waals surface area contributed by atoms with Gasteiger partial charge in [0.25, 0.3) is 5.91 Å². The number of nitrogens with zero attached hydrogens (tertiary/aromatic N) is 1. The highest BCUT2D eigenvalue weighted by Crippen LogP contribution is 2.28. The lowest BCUT2D eigenvalue weighted by molar-refractivity contribution is -0.142. The summed E-state index contributed by atoms with van der Waals surface area (Å²) in [4.78, 5) is 27.8. The SMILES string of the molecule is COc1cccc(CN(C(=O)COc2ccc(Br)cc2Cl)C(C)C(=O)NC2CCCCC2)c1. The van der Waals surface area contributed by atoms with Gasteiger partial charge >= 0.3 is 0 Å². The van der Waals surface area contributed by atoms with Crippen LogP contribution >= 0.6 is 27.5 Å². The number of hydrogen-bond donors (Lipinski definition) is 1. The minimum absolute atomic E-state index is 0.153. The van der Waals surface area contributed by atoms with Gasteiger partial charge in [-0.1, -0.05) is 58.9 Å². The standard InChI is InChI=1S/C25H30BrClN2O4/c1-17(25(31)28-20-8-4-3-5-9-20)29(15-18-7-6-10-21(13-18)32-2)24(30)16-33-23-12-11-19(26)14-22(23)27/h6-7,10-14,17,20H,3-5,8-9,15-16H2,1-2H3,(H,28,31). The number of hydrogen-bond acceptors (Lipinski definition) is 4. The number of ether oxygens (including phenoxy) is 2. The highest BCUT2D eigenvalue weighted by molar-refractivity contribution is 9.10. The van der Waals surface area contributed by atoms with Crippen LogP contribution in [0.4, 0.5) is 0 Å². The summed E-state index contributed by atoms with van der Waals surface area (Å²) in [6.45, 7) is 1.78. The minimum Gasteiger partial charge on any atom is -0.497 e. The van der Waals surface area contributed by atoms with Gasteiger partial charge in [0.15, 0.2) is 6.61 Å². The van der Waals surface area contributed by atoms with Crippen molar-refractivity contribution in [2.24, 2.45) is 0 Å². The molecule has 0 radical (unpaired) electrons. The molecule has 33 heavy (non-hydrogen) atoms. The zero-order chi connectivity index (χ0) is 23.8. The van der Waals surface area contributed by atoms with E-state index in [2.05, 4.69) is 21.2 Å². The van der Waals surface area contributed by atoms with Gasteiger partial charge in [0, 0.05) is 17.1 Å². The second-order valence-electron chi connectivity index (χ2n) is 8.26. The van der Waals surface area contributed by atoms with Crippen LogP contribution in [0, 0.1) is 0 Å². The van der Waals surface area contributed by atoms with Crippen LogP contribution in [0.5, 0.6) is 11.5 Å². The largest absolute Gasteiger partial charge is 0.497 e. The van der Waals surface area contributed by atoms with Crippen molar-refractivity contribution in [3.63, 3.8) is 0 Å². The normalized spacial score (nSPS) is 14.9. The van der Waals surface area contributed by atoms with E-state index in [1.165, 1.54) is 6.42 Å². The summed E-state index contributed by atoms with van der Waals surface area (Å²) in [7, 11) is 1.60. The Kier molecular flexibility index (Phi) is 9.44. The third-order valence-corrected chi connectivity index (χ3v) is 6.64. The molecule has 1 aliphatic carbocycles. The van der Waals surface area contributed by atoms with Crippen LogP contribution in [0.3, 0.4) is 0 Å². The number of amides is 2. The van der Waals surface area contributed by atoms with Gasteiger partial charge in [0.1, 0.15) is 17.5 Å². The maximum atomic E-state index is 13.2. The number of rotatable bonds is 9. The second-order valence-corrected chi connectivity index (χ2v) is 9.58. The highest BCUT2D eigenvalue weighted by Gasteiger charge is 2.28. The molecule has 1 fully saturated rings. The summed E-state index contributed by atoms with van der Waals surface area (Å²) in [6, 6.07) is 12.2. The Morgan fingerprint density at radius 2 is 1.94 bits per heavy atom. The fourth-order valence-corrected chi connectivity index (χ4v) is 4.66. The maximum absolute atomic E-state index is 13.2. The van der Waals surface area contributed by atoms with Crippen LogP contribution in [0.15, 0.2) is 46.9 Å². The third-order valence-electron chi connectivity index (χ3n) is 5.85. The number of carbonyl (C=O) groups is 2. The Hall–Kier alpha value is -2.25. The number of carbonyl (C=O) groups excluding carboxylic acids is 2. The molecule has 2 aromatic rings. The van der Waals surface area contributed by atoms with E-state index in [4.69, 9.17) is 21.1 Å². The minimum atomic E-state index is -0.658. The van der Waals surface area contributed by atoms with Crippen molar-refractivity contribution < 1.29 is 19.1 Å². The van der Waals surface area contributed by atoms with Crippen molar-refractivity contribution in [2.75, 3.05) is 13.7 Å². The van der Waals surface area contributed by atoms with Gasteiger partial charge in [0.05, 0.1) is 12.1 Å². The van der Waals surface area contributed by atoms with Gasteiger partial charge in [-0.3, -0.25) is 9.59 Å². The Morgan fingerprint density at radius 3 is 2.64 bits per heavy atom. The molecule has 0 spiro atoms. The lowest BCUT2D eigenvalue weighted by Gasteiger charge is -2.31. The van der Waals surface area contributed by atoms with Gasteiger partial charge in [0.2, 0.25) is 5.91 Å². The van der Waals surface area contributed by atoms with Crippen molar-refractivity contribution in [3.8, 4) is 11.5 Å². The highest BCUT2D eigenvalue weighted by atomic mass is 79.9. The first kappa shape index (κ1) is 25.4. The molecular formula is C25H30BrClN2O4. The summed E-state index contributed by atoms with van der Waals surface area (Å²) in [5.41, 5.74) is 0.863. The molecule has 0 aliphatic heterocycles. The predicted octanol–water partition coefficient (Wildman–Crippen LogP) is 5.36. The van der Waals surface area contributed by atoms with E-state index in [9.17, 15) is 9.59 Å². The average Bonchev–Trinajstić information content (AvgIpc) is 2.82. The van der Waals surface area contributed by atoms with Crippen LogP contribution in [0.1, 0.15) is 44.6 Å². The van der Waals surface area contributed by atoms with E-state index in [0.29, 0.717) is 16.5 Å². The van der Waals surface area contributed by atoms with Gasteiger partial charge in [-0.05, 0) is 55.7 Å². The van der Waals surface area contributed by atoms with Crippen molar-refractivity contribution in [1.82, 2.24) is 10.2 Å². The molecule has 0 aromatic heterocycles. The Labute approximate surface area is 208 Å². The molecule has 0 saturated heterocycles. The molecule has 178 valence electrons. The van der Waals surface area contributed by atoms with Crippen LogP contribution in [-0.2, 0) is 16.1 Å². The topological polar surface area (TPSA) is 67.9 Å². The summed E-state index contributed by atoms with van der Waals surface area (Å²) in [5.74, 6) is 0.647. The van der Waals surface area contributed by atoms with Gasteiger partial charge < -0.3 is 19.7 Å². The van der Waals surface area contributed by atoms with Crippen LogP contribution in [0.25, 0.3) is 0 Å². The fraction of sp³-hybridized carbons (Fsp3) is 0.440. The average molecular weight is 538 g/mol. The molecule has 0 bridgehead atoms. The Balaban J connectivity index is 1.74. The van der Waals surface area contributed by atoms with Crippen molar-refractivity contribution >= 4 is 39.3 Å². The van der Waals surface area contributed by atoms with E-state index < -0.39 is 6.04 Å². The van der Waals surface area contributed by atoms with Gasteiger partial charge in [-0.15, -0.1) is 0 Å². The molecule has 6 nitrogen and oxygen atoms in total. The molecule has 1 atom stereocenters. The quantitative estimate of drug-likeness (QED) is 0.468. The molecule has 1 saturated carbocycles.